The van der Waals surface area contributed by atoms with Crippen LogP contribution >= 0.6 is 0 Å². The summed E-state index contributed by atoms with van der Waals surface area (Å²) in [5.41, 5.74) is 1.46. The van der Waals surface area contributed by atoms with Crippen LogP contribution in [0.1, 0.15) is 31.7 Å². The largest absolute Gasteiger partial charge is 0.494 e. The molecule has 0 radical (unpaired) electrons. The summed E-state index contributed by atoms with van der Waals surface area (Å²) in [6, 6.07) is 8.62. The van der Waals surface area contributed by atoms with Gasteiger partial charge in [-0.2, -0.15) is 0 Å². The molecule has 0 amide bonds. The fourth-order valence-corrected chi connectivity index (χ4v) is 2.49. The molecule has 0 bridgehead atoms. The van der Waals surface area contributed by atoms with Crippen LogP contribution in [-0.2, 0) is 0 Å². The second-order valence-electron chi connectivity index (χ2n) is 4.58. The normalized spacial score (nSPS) is 25.4. The molecule has 1 saturated heterocycles. The van der Waals surface area contributed by atoms with E-state index in [1.165, 1.54) is 12.0 Å². The van der Waals surface area contributed by atoms with E-state index in [2.05, 4.69) is 36.5 Å². The predicted octanol–water partition coefficient (Wildman–Crippen LogP) is 2.80. The van der Waals surface area contributed by atoms with Gasteiger partial charge in [0.05, 0.1) is 6.61 Å². The SMILES string of the molecule is CCOc1ccc([C@H]2CCNC[C@H]2C)cc1. The topological polar surface area (TPSA) is 21.3 Å². The summed E-state index contributed by atoms with van der Waals surface area (Å²) in [6.07, 6.45) is 1.25. The minimum Gasteiger partial charge on any atom is -0.494 e. The zero-order chi connectivity index (χ0) is 11.4. The van der Waals surface area contributed by atoms with Crippen molar-refractivity contribution in [2.75, 3.05) is 19.7 Å². The summed E-state index contributed by atoms with van der Waals surface area (Å²) >= 11 is 0. The van der Waals surface area contributed by atoms with Crippen LogP contribution in [0.5, 0.6) is 5.75 Å². The van der Waals surface area contributed by atoms with Crippen LogP contribution in [0.25, 0.3) is 0 Å². The molecule has 16 heavy (non-hydrogen) atoms. The Kier molecular flexibility index (Phi) is 3.83. The Bertz CT molecular complexity index is 320. The van der Waals surface area contributed by atoms with Gasteiger partial charge in [-0.25, -0.2) is 0 Å². The number of piperidine rings is 1. The van der Waals surface area contributed by atoms with Gasteiger partial charge in [0.15, 0.2) is 0 Å². The summed E-state index contributed by atoms with van der Waals surface area (Å²) in [5, 5.41) is 3.44. The van der Waals surface area contributed by atoms with Crippen LogP contribution in [0.15, 0.2) is 24.3 Å². The first-order valence-electron chi connectivity index (χ1n) is 6.24. The first kappa shape index (κ1) is 11.5. The van der Waals surface area contributed by atoms with Gasteiger partial charge in [0.25, 0.3) is 0 Å². The van der Waals surface area contributed by atoms with Crippen molar-refractivity contribution in [3.63, 3.8) is 0 Å². The van der Waals surface area contributed by atoms with Gasteiger partial charge in [0.1, 0.15) is 5.75 Å². The van der Waals surface area contributed by atoms with Crippen molar-refractivity contribution in [1.29, 1.82) is 0 Å². The zero-order valence-corrected chi connectivity index (χ0v) is 10.2. The van der Waals surface area contributed by atoms with E-state index in [1.54, 1.807) is 0 Å². The molecule has 2 atom stereocenters. The molecule has 1 aromatic carbocycles. The third-order valence-corrected chi connectivity index (χ3v) is 3.40. The van der Waals surface area contributed by atoms with Gasteiger partial charge in [-0.05, 0) is 56.0 Å². The third kappa shape index (κ3) is 2.56. The molecule has 0 unspecified atom stereocenters. The van der Waals surface area contributed by atoms with Gasteiger partial charge in [0.2, 0.25) is 0 Å². The Balaban J connectivity index is 2.08. The van der Waals surface area contributed by atoms with Crippen LogP contribution in [-0.4, -0.2) is 19.7 Å². The lowest BCUT2D eigenvalue weighted by molar-refractivity contribution is 0.337. The van der Waals surface area contributed by atoms with E-state index < -0.39 is 0 Å². The number of ether oxygens (including phenoxy) is 1. The average Bonchev–Trinajstić information content (AvgIpc) is 2.31. The molecule has 1 aliphatic rings. The third-order valence-electron chi connectivity index (χ3n) is 3.40. The molecular formula is C14H21NO. The fraction of sp³-hybridized carbons (Fsp3) is 0.571. The summed E-state index contributed by atoms with van der Waals surface area (Å²) < 4.78 is 5.46. The van der Waals surface area contributed by atoms with Crippen LogP contribution in [0.3, 0.4) is 0 Å². The molecule has 0 aliphatic carbocycles. The van der Waals surface area contributed by atoms with Crippen LogP contribution in [0.4, 0.5) is 0 Å². The van der Waals surface area contributed by atoms with Gasteiger partial charge < -0.3 is 10.1 Å². The molecule has 1 N–H and O–H groups in total. The van der Waals surface area contributed by atoms with E-state index >= 15 is 0 Å². The minimum absolute atomic E-state index is 0.705. The highest BCUT2D eigenvalue weighted by molar-refractivity contribution is 5.30. The lowest BCUT2D eigenvalue weighted by Gasteiger charge is -2.29. The molecule has 0 saturated carbocycles. The number of hydrogen-bond acceptors (Lipinski definition) is 2. The van der Waals surface area contributed by atoms with Crippen molar-refractivity contribution in [1.82, 2.24) is 5.32 Å². The highest BCUT2D eigenvalue weighted by Crippen LogP contribution is 2.30. The van der Waals surface area contributed by atoms with E-state index in [1.807, 2.05) is 6.92 Å². The van der Waals surface area contributed by atoms with Crippen LogP contribution < -0.4 is 10.1 Å². The Morgan fingerprint density at radius 1 is 1.31 bits per heavy atom. The predicted molar refractivity (Wildman–Crippen MR) is 67.0 cm³/mol. The Morgan fingerprint density at radius 3 is 2.69 bits per heavy atom. The molecular weight excluding hydrogens is 198 g/mol. The molecule has 0 spiro atoms. The van der Waals surface area contributed by atoms with Crippen molar-refractivity contribution >= 4 is 0 Å². The highest BCUT2D eigenvalue weighted by atomic mass is 16.5. The smallest absolute Gasteiger partial charge is 0.119 e. The molecule has 2 rings (SSSR count). The molecule has 1 aliphatic heterocycles. The van der Waals surface area contributed by atoms with Gasteiger partial charge >= 0.3 is 0 Å². The van der Waals surface area contributed by atoms with Gasteiger partial charge in [-0.3, -0.25) is 0 Å². The summed E-state index contributed by atoms with van der Waals surface area (Å²) in [7, 11) is 0. The van der Waals surface area contributed by atoms with E-state index in [-0.39, 0.29) is 0 Å². The van der Waals surface area contributed by atoms with E-state index in [0.717, 1.165) is 31.4 Å². The van der Waals surface area contributed by atoms with E-state index in [4.69, 9.17) is 4.74 Å². The van der Waals surface area contributed by atoms with Gasteiger partial charge in [-0.15, -0.1) is 0 Å². The molecule has 2 heteroatoms. The van der Waals surface area contributed by atoms with Crippen molar-refractivity contribution in [3.05, 3.63) is 29.8 Å². The maximum Gasteiger partial charge on any atom is 0.119 e. The first-order chi connectivity index (χ1) is 7.81. The average molecular weight is 219 g/mol. The molecule has 2 nitrogen and oxygen atoms in total. The minimum atomic E-state index is 0.705. The second-order valence-corrected chi connectivity index (χ2v) is 4.58. The van der Waals surface area contributed by atoms with Crippen LogP contribution in [0, 0.1) is 5.92 Å². The maximum absolute atomic E-state index is 5.46. The fourth-order valence-electron chi connectivity index (χ4n) is 2.49. The Morgan fingerprint density at radius 2 is 2.06 bits per heavy atom. The molecule has 1 aromatic rings. The lowest BCUT2D eigenvalue weighted by atomic mass is 9.82. The summed E-state index contributed by atoms with van der Waals surface area (Å²) in [6.45, 7) is 7.36. The van der Waals surface area contributed by atoms with Crippen molar-refractivity contribution in [2.45, 2.75) is 26.2 Å². The van der Waals surface area contributed by atoms with E-state index in [9.17, 15) is 0 Å². The number of rotatable bonds is 3. The summed E-state index contributed by atoms with van der Waals surface area (Å²) in [4.78, 5) is 0. The molecule has 88 valence electrons. The number of nitrogens with one attached hydrogen (secondary N) is 1. The van der Waals surface area contributed by atoms with Crippen molar-refractivity contribution in [2.24, 2.45) is 5.92 Å². The molecule has 1 fully saturated rings. The van der Waals surface area contributed by atoms with Crippen molar-refractivity contribution in [3.8, 4) is 5.75 Å². The number of hydrogen-bond donors (Lipinski definition) is 1. The van der Waals surface area contributed by atoms with Gasteiger partial charge in [0, 0.05) is 0 Å². The van der Waals surface area contributed by atoms with Gasteiger partial charge in [-0.1, -0.05) is 19.1 Å². The maximum atomic E-state index is 5.46. The zero-order valence-electron chi connectivity index (χ0n) is 10.2. The molecule has 1 heterocycles. The number of benzene rings is 1. The lowest BCUT2D eigenvalue weighted by Crippen LogP contribution is -2.33. The summed E-state index contributed by atoms with van der Waals surface area (Å²) in [5.74, 6) is 2.41. The highest BCUT2D eigenvalue weighted by Gasteiger charge is 2.22. The quantitative estimate of drug-likeness (QED) is 0.844. The molecule has 0 aromatic heterocycles. The van der Waals surface area contributed by atoms with Crippen molar-refractivity contribution < 1.29 is 4.74 Å². The van der Waals surface area contributed by atoms with E-state index in [0.29, 0.717) is 5.92 Å². The monoisotopic (exact) mass is 219 g/mol. The first-order valence-corrected chi connectivity index (χ1v) is 6.24. The Labute approximate surface area is 98.0 Å². The standard InChI is InChI=1S/C14H21NO/c1-3-16-13-6-4-12(5-7-13)14-8-9-15-10-11(14)2/h4-7,11,14-15H,3,8-10H2,1-2H3/t11-,14+/m1/s1. The Hall–Kier alpha value is -1.02. The van der Waals surface area contributed by atoms with Crippen LogP contribution in [0.2, 0.25) is 0 Å². The second kappa shape index (κ2) is 5.35.